The lowest BCUT2D eigenvalue weighted by atomic mass is 9.79. The lowest BCUT2D eigenvalue weighted by Crippen LogP contribution is -2.61. The van der Waals surface area contributed by atoms with Crippen LogP contribution in [0.15, 0.2) is 0 Å². The number of carbonyl (C=O) groups excluding carboxylic acids is 2. The number of hydrogen-bond donors (Lipinski definition) is 2. The van der Waals surface area contributed by atoms with Crippen molar-refractivity contribution in [3.63, 3.8) is 0 Å². The Morgan fingerprint density at radius 2 is 1.71 bits per heavy atom. The molecule has 3 N–H and O–H groups in total. The van der Waals surface area contributed by atoms with Gasteiger partial charge in [0.05, 0.1) is 0 Å². The fraction of sp³-hybridized carbons (Fsp3) is 0.889. The monoisotopic (exact) mass is 359 g/mol. The smallest absolute Gasteiger partial charge is 0.248 e. The minimum Gasteiger partial charge on any atom is -0.341 e. The molecule has 24 heavy (non-hydrogen) atoms. The zero-order valence-electron chi connectivity index (χ0n) is 15.2. The van der Waals surface area contributed by atoms with Gasteiger partial charge in [0.2, 0.25) is 11.8 Å². The third kappa shape index (κ3) is 4.85. The highest BCUT2D eigenvalue weighted by molar-refractivity contribution is 5.92. The van der Waals surface area contributed by atoms with Crippen LogP contribution in [0.4, 0.5) is 0 Å². The minimum atomic E-state index is -0.678. The van der Waals surface area contributed by atoms with E-state index in [-0.39, 0.29) is 36.2 Å². The van der Waals surface area contributed by atoms with Crippen LogP contribution in [0.25, 0.3) is 0 Å². The van der Waals surface area contributed by atoms with Gasteiger partial charge < -0.3 is 16.0 Å². The van der Waals surface area contributed by atoms with Crippen molar-refractivity contribution in [1.82, 2.24) is 10.2 Å². The molecule has 0 spiro atoms. The highest BCUT2D eigenvalue weighted by Crippen LogP contribution is 2.32. The van der Waals surface area contributed by atoms with Gasteiger partial charge >= 0.3 is 0 Å². The molecule has 2 atom stereocenters. The number of halogens is 1. The highest BCUT2D eigenvalue weighted by atomic mass is 35.5. The summed E-state index contributed by atoms with van der Waals surface area (Å²) in [5, 5.41) is 3.19. The maximum absolute atomic E-state index is 13.1. The quantitative estimate of drug-likeness (QED) is 0.792. The van der Waals surface area contributed by atoms with Crippen LogP contribution in [-0.2, 0) is 9.59 Å². The van der Waals surface area contributed by atoms with Gasteiger partial charge in [0.1, 0.15) is 5.54 Å². The molecule has 0 aromatic carbocycles. The van der Waals surface area contributed by atoms with Crippen LogP contribution >= 0.6 is 12.4 Å². The number of amides is 2. The van der Waals surface area contributed by atoms with Gasteiger partial charge in [0.25, 0.3) is 0 Å². The molecule has 2 aliphatic carbocycles. The summed E-state index contributed by atoms with van der Waals surface area (Å²) < 4.78 is 0. The second kappa shape index (κ2) is 9.62. The van der Waals surface area contributed by atoms with E-state index in [1.54, 1.807) is 0 Å². The van der Waals surface area contributed by atoms with E-state index in [2.05, 4.69) is 5.32 Å². The lowest BCUT2D eigenvalue weighted by molar-refractivity contribution is -0.144. The second-order valence-electron chi connectivity index (χ2n) is 7.23. The summed E-state index contributed by atoms with van der Waals surface area (Å²) >= 11 is 0. The molecule has 0 saturated heterocycles. The third-order valence-electron chi connectivity index (χ3n) is 5.62. The van der Waals surface area contributed by atoms with E-state index >= 15 is 0 Å². The van der Waals surface area contributed by atoms with Crippen molar-refractivity contribution in [3.05, 3.63) is 0 Å². The van der Waals surface area contributed by atoms with Gasteiger partial charge in [-0.25, -0.2) is 0 Å². The highest BCUT2D eigenvalue weighted by Gasteiger charge is 2.43. The van der Waals surface area contributed by atoms with E-state index in [0.29, 0.717) is 13.1 Å². The molecule has 140 valence electrons. The summed E-state index contributed by atoms with van der Waals surface area (Å²) in [6.07, 6.45) is 8.38. The van der Waals surface area contributed by atoms with Crippen LogP contribution in [-0.4, -0.2) is 41.4 Å². The van der Waals surface area contributed by atoms with Crippen molar-refractivity contribution < 1.29 is 9.59 Å². The first-order chi connectivity index (χ1) is 11.0. The topological polar surface area (TPSA) is 75.4 Å². The van der Waals surface area contributed by atoms with Crippen LogP contribution in [0.5, 0.6) is 0 Å². The minimum absolute atomic E-state index is 0. The number of carbonyl (C=O) groups is 2. The van der Waals surface area contributed by atoms with Gasteiger partial charge in [-0.1, -0.05) is 25.7 Å². The summed E-state index contributed by atoms with van der Waals surface area (Å²) in [5.41, 5.74) is 5.35. The molecule has 0 aromatic heterocycles. The third-order valence-corrected chi connectivity index (χ3v) is 5.62. The Bertz CT molecular complexity index is 420. The molecular formula is C18H34ClN3O2. The molecule has 2 unspecified atom stereocenters. The first-order valence-corrected chi connectivity index (χ1v) is 9.39. The number of nitrogens with zero attached hydrogens (tertiary/aromatic N) is 1. The average molecular weight is 360 g/mol. The van der Waals surface area contributed by atoms with Crippen LogP contribution in [0.1, 0.15) is 71.6 Å². The van der Waals surface area contributed by atoms with Crippen molar-refractivity contribution in [2.75, 3.05) is 13.1 Å². The van der Waals surface area contributed by atoms with E-state index in [9.17, 15) is 9.59 Å². The molecule has 2 fully saturated rings. The fourth-order valence-corrected chi connectivity index (χ4v) is 4.16. The summed E-state index contributed by atoms with van der Waals surface area (Å²) in [6.45, 7) is 5.39. The molecule has 2 aliphatic rings. The Hall–Kier alpha value is -0.810. The SMILES string of the molecule is CCN(CC)C(=O)C1(NC(=O)C2CCCC(N)C2)CCCCC1.Cl. The van der Waals surface area contributed by atoms with E-state index in [1.807, 2.05) is 18.7 Å². The second-order valence-corrected chi connectivity index (χ2v) is 7.23. The Kier molecular flexibility index (Phi) is 8.51. The predicted octanol–water partition coefficient (Wildman–Crippen LogP) is 2.61. The molecule has 0 aromatic rings. The molecule has 0 bridgehead atoms. The van der Waals surface area contributed by atoms with Gasteiger partial charge in [-0.3, -0.25) is 9.59 Å². The Balaban J connectivity index is 0.00000288. The summed E-state index contributed by atoms with van der Waals surface area (Å²) in [5.74, 6) is 0.125. The van der Waals surface area contributed by atoms with Crippen LogP contribution < -0.4 is 11.1 Å². The molecular weight excluding hydrogens is 326 g/mol. The zero-order valence-corrected chi connectivity index (χ0v) is 16.0. The van der Waals surface area contributed by atoms with Crippen molar-refractivity contribution in [2.24, 2.45) is 11.7 Å². The molecule has 0 radical (unpaired) electrons. The van der Waals surface area contributed by atoms with Gasteiger partial charge in [0, 0.05) is 25.0 Å². The fourth-order valence-electron chi connectivity index (χ4n) is 4.16. The maximum Gasteiger partial charge on any atom is 0.248 e. The van der Waals surface area contributed by atoms with Gasteiger partial charge in [-0.15, -0.1) is 12.4 Å². The van der Waals surface area contributed by atoms with Gasteiger partial charge in [0.15, 0.2) is 0 Å². The zero-order chi connectivity index (χ0) is 16.9. The normalized spacial score (nSPS) is 26.1. The van der Waals surface area contributed by atoms with Crippen LogP contribution in [0.2, 0.25) is 0 Å². The maximum atomic E-state index is 13.1. The Morgan fingerprint density at radius 3 is 2.25 bits per heavy atom. The summed E-state index contributed by atoms with van der Waals surface area (Å²) in [7, 11) is 0. The predicted molar refractivity (Wildman–Crippen MR) is 99.1 cm³/mol. The number of rotatable bonds is 5. The van der Waals surface area contributed by atoms with Crippen molar-refractivity contribution >= 4 is 24.2 Å². The largest absolute Gasteiger partial charge is 0.341 e. The Labute approximate surface area is 152 Å². The standard InChI is InChI=1S/C18H33N3O2.ClH/c1-3-21(4-2)17(23)18(11-6-5-7-12-18)20-16(22)14-9-8-10-15(19)13-14;/h14-15H,3-13,19H2,1-2H3,(H,20,22);1H. The first kappa shape index (κ1) is 21.2. The van der Waals surface area contributed by atoms with E-state index in [1.165, 1.54) is 0 Å². The van der Waals surface area contributed by atoms with Gasteiger partial charge in [-0.2, -0.15) is 0 Å². The molecule has 6 heteroatoms. The molecule has 2 amide bonds. The molecule has 0 aliphatic heterocycles. The van der Waals surface area contributed by atoms with E-state index in [0.717, 1.165) is 57.8 Å². The van der Waals surface area contributed by atoms with Crippen molar-refractivity contribution in [2.45, 2.75) is 83.2 Å². The molecule has 0 heterocycles. The van der Waals surface area contributed by atoms with Crippen molar-refractivity contribution in [1.29, 1.82) is 0 Å². The molecule has 2 rings (SSSR count). The van der Waals surface area contributed by atoms with E-state index < -0.39 is 5.54 Å². The summed E-state index contributed by atoms with van der Waals surface area (Å²) in [6, 6.07) is 0.125. The molecule has 5 nitrogen and oxygen atoms in total. The van der Waals surface area contributed by atoms with E-state index in [4.69, 9.17) is 5.73 Å². The van der Waals surface area contributed by atoms with Crippen molar-refractivity contribution in [3.8, 4) is 0 Å². The molecule has 2 saturated carbocycles. The number of nitrogens with one attached hydrogen (secondary N) is 1. The number of likely N-dealkylation sites (N-methyl/N-ethyl adjacent to an activating group) is 1. The lowest BCUT2D eigenvalue weighted by Gasteiger charge is -2.41. The average Bonchev–Trinajstić information content (AvgIpc) is 2.56. The van der Waals surface area contributed by atoms with Crippen LogP contribution in [0, 0.1) is 5.92 Å². The first-order valence-electron chi connectivity index (χ1n) is 9.39. The number of nitrogens with two attached hydrogens (primary N) is 1. The number of hydrogen-bond acceptors (Lipinski definition) is 3. The summed E-state index contributed by atoms with van der Waals surface area (Å²) in [4.78, 5) is 27.7. The Morgan fingerprint density at radius 1 is 1.08 bits per heavy atom. The van der Waals surface area contributed by atoms with Crippen LogP contribution in [0.3, 0.4) is 0 Å². The van der Waals surface area contributed by atoms with Gasteiger partial charge in [-0.05, 0) is 46.0 Å².